The number of nitrogens with zero attached hydrogens (tertiary/aromatic N) is 1. The number of hydrogen-bond acceptors (Lipinski definition) is 1. The first-order valence-corrected chi connectivity index (χ1v) is 5.30. The van der Waals surface area contributed by atoms with Crippen LogP contribution in [0.5, 0.6) is 0 Å². The molecule has 0 atom stereocenters. The van der Waals surface area contributed by atoms with E-state index < -0.39 is 0 Å². The molecule has 0 radical (unpaired) electrons. The first-order chi connectivity index (χ1) is 6.45. The Hall–Kier alpha value is -0.760. The minimum atomic E-state index is 1.10. The van der Waals surface area contributed by atoms with Crippen molar-refractivity contribution in [3.8, 4) is 0 Å². The van der Waals surface area contributed by atoms with Crippen molar-refractivity contribution >= 4 is 0 Å². The molecule has 0 unspecified atom stereocenters. The molecule has 0 spiro atoms. The Labute approximate surface area is 79.9 Å². The Morgan fingerprint density at radius 1 is 1.15 bits per heavy atom. The summed E-state index contributed by atoms with van der Waals surface area (Å²) in [6, 6.07) is 4.25. The van der Waals surface area contributed by atoms with Gasteiger partial charge in [-0.05, 0) is 38.1 Å². The fourth-order valence-corrected chi connectivity index (χ4v) is 2.00. The maximum Gasteiger partial charge on any atom is 0.0385 e. The van der Waals surface area contributed by atoms with Crippen LogP contribution in [-0.4, -0.2) is 23.0 Å². The average Bonchev–Trinajstić information content (AvgIpc) is 2.49. The summed E-state index contributed by atoms with van der Waals surface area (Å²) in [5, 5.41) is 0. The molecule has 0 aliphatic carbocycles. The number of nitrogens with one attached hydrogen (secondary N) is 1. The maximum absolute atomic E-state index is 3.26. The quantitative estimate of drug-likeness (QED) is 0.736. The molecule has 0 bridgehead atoms. The highest BCUT2D eigenvalue weighted by atomic mass is 15.1. The molecule has 1 saturated heterocycles. The summed E-state index contributed by atoms with van der Waals surface area (Å²) < 4.78 is 0. The van der Waals surface area contributed by atoms with E-state index in [9.17, 15) is 0 Å². The van der Waals surface area contributed by atoms with E-state index in [0.29, 0.717) is 0 Å². The van der Waals surface area contributed by atoms with Gasteiger partial charge in [-0.2, -0.15) is 0 Å². The molecular formula is C11H18N2. The first-order valence-electron chi connectivity index (χ1n) is 5.30. The zero-order valence-corrected chi connectivity index (χ0v) is 8.13. The summed E-state index contributed by atoms with van der Waals surface area (Å²) in [6.45, 7) is 3.66. The van der Waals surface area contributed by atoms with Crippen LogP contribution in [-0.2, 0) is 6.54 Å². The van der Waals surface area contributed by atoms with Crippen LogP contribution in [0.2, 0.25) is 0 Å². The summed E-state index contributed by atoms with van der Waals surface area (Å²) in [4.78, 5) is 5.82. The molecule has 0 aromatic carbocycles. The fraction of sp³-hybridized carbons (Fsp3) is 0.636. The molecule has 0 saturated carbocycles. The summed E-state index contributed by atoms with van der Waals surface area (Å²) in [5.41, 5.74) is 1.35. The van der Waals surface area contributed by atoms with Crippen molar-refractivity contribution in [2.24, 2.45) is 0 Å². The molecule has 1 fully saturated rings. The van der Waals surface area contributed by atoms with Crippen molar-refractivity contribution in [3.05, 3.63) is 24.0 Å². The lowest BCUT2D eigenvalue weighted by Gasteiger charge is -2.18. The summed E-state index contributed by atoms with van der Waals surface area (Å²) in [7, 11) is 0. The minimum Gasteiger partial charge on any atom is -0.364 e. The first kappa shape index (κ1) is 8.82. The standard InChI is InChI=1S/C11H18N2/c1-2-4-9-13(8-3-1)10-11-6-5-7-12-11/h5-7,12H,1-4,8-10H2. The van der Waals surface area contributed by atoms with Gasteiger partial charge in [0.05, 0.1) is 0 Å². The van der Waals surface area contributed by atoms with E-state index in [0.717, 1.165) is 6.54 Å². The van der Waals surface area contributed by atoms with E-state index in [1.54, 1.807) is 0 Å². The Morgan fingerprint density at radius 3 is 2.54 bits per heavy atom. The van der Waals surface area contributed by atoms with Crippen LogP contribution in [0, 0.1) is 0 Å². The second-order valence-electron chi connectivity index (χ2n) is 3.89. The molecule has 1 aliphatic rings. The number of aromatic amines is 1. The predicted octanol–water partition coefficient (Wildman–Crippen LogP) is 2.39. The number of H-pyrrole nitrogens is 1. The van der Waals surface area contributed by atoms with Gasteiger partial charge >= 0.3 is 0 Å². The molecule has 1 N–H and O–H groups in total. The van der Waals surface area contributed by atoms with E-state index >= 15 is 0 Å². The van der Waals surface area contributed by atoms with Crippen molar-refractivity contribution < 1.29 is 0 Å². The second kappa shape index (κ2) is 4.47. The summed E-state index contributed by atoms with van der Waals surface area (Å²) >= 11 is 0. The van der Waals surface area contributed by atoms with Gasteiger partial charge in [-0.1, -0.05) is 12.8 Å². The molecule has 1 aromatic heterocycles. The lowest BCUT2D eigenvalue weighted by atomic mass is 10.2. The molecule has 2 rings (SSSR count). The Kier molecular flexibility index (Phi) is 3.03. The van der Waals surface area contributed by atoms with Gasteiger partial charge in [0.25, 0.3) is 0 Å². The van der Waals surface area contributed by atoms with Crippen LogP contribution in [0.3, 0.4) is 0 Å². The highest BCUT2D eigenvalue weighted by Crippen LogP contribution is 2.11. The molecule has 1 aliphatic heterocycles. The third kappa shape index (κ3) is 2.59. The van der Waals surface area contributed by atoms with Gasteiger partial charge < -0.3 is 4.98 Å². The third-order valence-corrected chi connectivity index (χ3v) is 2.75. The number of likely N-dealkylation sites (tertiary alicyclic amines) is 1. The van der Waals surface area contributed by atoms with Gasteiger partial charge in [0.2, 0.25) is 0 Å². The predicted molar refractivity (Wildman–Crippen MR) is 54.5 cm³/mol. The summed E-state index contributed by atoms with van der Waals surface area (Å²) in [6.07, 6.45) is 7.59. The van der Waals surface area contributed by atoms with Crippen molar-refractivity contribution in [3.63, 3.8) is 0 Å². The number of aromatic nitrogens is 1. The van der Waals surface area contributed by atoms with Gasteiger partial charge in [-0.25, -0.2) is 0 Å². The molecule has 72 valence electrons. The Morgan fingerprint density at radius 2 is 1.92 bits per heavy atom. The van der Waals surface area contributed by atoms with E-state index in [4.69, 9.17) is 0 Å². The van der Waals surface area contributed by atoms with Gasteiger partial charge in [0.15, 0.2) is 0 Å². The van der Waals surface area contributed by atoms with Crippen molar-refractivity contribution in [2.75, 3.05) is 13.1 Å². The molecular weight excluding hydrogens is 160 g/mol. The van der Waals surface area contributed by atoms with Crippen molar-refractivity contribution in [2.45, 2.75) is 32.2 Å². The Balaban J connectivity index is 1.86. The molecule has 2 heterocycles. The molecule has 0 amide bonds. The van der Waals surface area contributed by atoms with Crippen molar-refractivity contribution in [1.29, 1.82) is 0 Å². The topological polar surface area (TPSA) is 19.0 Å². The molecule has 2 heteroatoms. The van der Waals surface area contributed by atoms with Gasteiger partial charge in [-0.3, -0.25) is 4.90 Å². The highest BCUT2D eigenvalue weighted by molar-refractivity contribution is 5.03. The van der Waals surface area contributed by atoms with Crippen LogP contribution in [0.1, 0.15) is 31.4 Å². The van der Waals surface area contributed by atoms with Gasteiger partial charge in [-0.15, -0.1) is 0 Å². The lowest BCUT2D eigenvalue weighted by Crippen LogP contribution is -2.24. The number of hydrogen-bond donors (Lipinski definition) is 1. The molecule has 13 heavy (non-hydrogen) atoms. The maximum atomic E-state index is 3.26. The summed E-state index contributed by atoms with van der Waals surface area (Å²) in [5.74, 6) is 0. The van der Waals surface area contributed by atoms with Gasteiger partial charge in [0.1, 0.15) is 0 Å². The molecule has 1 aromatic rings. The van der Waals surface area contributed by atoms with Crippen LogP contribution in [0.4, 0.5) is 0 Å². The fourth-order valence-electron chi connectivity index (χ4n) is 2.00. The normalized spacial score (nSPS) is 20.0. The SMILES string of the molecule is c1c[nH]c(CN2CCCCCC2)c1. The zero-order chi connectivity index (χ0) is 8.93. The largest absolute Gasteiger partial charge is 0.364 e. The average molecular weight is 178 g/mol. The molecule has 2 nitrogen and oxygen atoms in total. The van der Waals surface area contributed by atoms with Crippen LogP contribution in [0.15, 0.2) is 18.3 Å². The van der Waals surface area contributed by atoms with E-state index in [-0.39, 0.29) is 0 Å². The van der Waals surface area contributed by atoms with Gasteiger partial charge in [0, 0.05) is 18.4 Å². The van der Waals surface area contributed by atoms with E-state index in [2.05, 4.69) is 22.0 Å². The van der Waals surface area contributed by atoms with Crippen LogP contribution in [0.25, 0.3) is 0 Å². The van der Waals surface area contributed by atoms with E-state index in [1.165, 1.54) is 44.5 Å². The second-order valence-corrected chi connectivity index (χ2v) is 3.89. The third-order valence-electron chi connectivity index (χ3n) is 2.75. The van der Waals surface area contributed by atoms with Crippen LogP contribution >= 0.6 is 0 Å². The Bertz CT molecular complexity index is 220. The van der Waals surface area contributed by atoms with Crippen molar-refractivity contribution in [1.82, 2.24) is 9.88 Å². The highest BCUT2D eigenvalue weighted by Gasteiger charge is 2.08. The van der Waals surface area contributed by atoms with Crippen LogP contribution < -0.4 is 0 Å². The smallest absolute Gasteiger partial charge is 0.0385 e. The number of rotatable bonds is 2. The van der Waals surface area contributed by atoms with E-state index in [1.807, 2.05) is 6.20 Å². The monoisotopic (exact) mass is 178 g/mol. The lowest BCUT2D eigenvalue weighted by molar-refractivity contribution is 0.274. The zero-order valence-electron chi connectivity index (χ0n) is 8.13. The minimum absolute atomic E-state index is 1.10.